The topological polar surface area (TPSA) is 62.7 Å². The average molecular weight is 477 g/mol. The molecular formula is C26H28N4OS2. The highest BCUT2D eigenvalue weighted by atomic mass is 32.1. The van der Waals surface area contributed by atoms with Crippen LogP contribution in [-0.2, 0) is 11.3 Å². The molecule has 0 radical (unpaired) electrons. The summed E-state index contributed by atoms with van der Waals surface area (Å²) in [7, 11) is 0. The normalized spacial score (nSPS) is 12.9. The van der Waals surface area contributed by atoms with Crippen molar-refractivity contribution in [1.29, 1.82) is 0 Å². The summed E-state index contributed by atoms with van der Waals surface area (Å²) in [5.41, 5.74) is 4.42. The van der Waals surface area contributed by atoms with E-state index in [1.165, 1.54) is 5.56 Å². The van der Waals surface area contributed by atoms with Gasteiger partial charge in [-0.25, -0.2) is 0 Å². The minimum atomic E-state index is -0.216. The van der Waals surface area contributed by atoms with Crippen LogP contribution >= 0.6 is 23.6 Å². The van der Waals surface area contributed by atoms with Gasteiger partial charge in [-0.05, 0) is 60.1 Å². The van der Waals surface area contributed by atoms with Crippen LogP contribution in [0.3, 0.4) is 0 Å². The lowest BCUT2D eigenvalue weighted by atomic mass is 9.95. The monoisotopic (exact) mass is 476 g/mol. The fraction of sp³-hybridized carbons (Fsp3) is 0.269. The summed E-state index contributed by atoms with van der Waals surface area (Å²) in [6.07, 6.45) is 1.10. The lowest BCUT2D eigenvalue weighted by molar-refractivity contribution is -0.122. The van der Waals surface area contributed by atoms with Crippen LogP contribution in [0.25, 0.3) is 11.4 Å². The van der Waals surface area contributed by atoms with Crippen molar-refractivity contribution >= 4 is 29.5 Å². The Bertz CT molecular complexity index is 1270. The Morgan fingerprint density at radius 1 is 1.15 bits per heavy atom. The van der Waals surface area contributed by atoms with Gasteiger partial charge in [-0.2, -0.15) is 5.10 Å². The summed E-state index contributed by atoms with van der Waals surface area (Å²) in [6, 6.07) is 20.4. The smallest absolute Gasteiger partial charge is 0.240 e. The van der Waals surface area contributed by atoms with Gasteiger partial charge in [0.2, 0.25) is 5.91 Å². The van der Waals surface area contributed by atoms with Gasteiger partial charge in [0.25, 0.3) is 0 Å². The molecule has 0 saturated heterocycles. The van der Waals surface area contributed by atoms with Crippen molar-refractivity contribution in [2.24, 2.45) is 0 Å². The molecule has 0 bridgehead atoms. The van der Waals surface area contributed by atoms with Crippen LogP contribution in [0.5, 0.6) is 0 Å². The van der Waals surface area contributed by atoms with Crippen molar-refractivity contribution < 1.29 is 4.79 Å². The highest BCUT2D eigenvalue weighted by Gasteiger charge is 2.20. The number of nitrogens with one attached hydrogen (secondary N) is 2. The number of aryl methyl sites for hydroxylation is 1. The molecule has 0 spiro atoms. The van der Waals surface area contributed by atoms with Crippen LogP contribution in [0.15, 0.2) is 66.0 Å². The number of aromatic amines is 1. The van der Waals surface area contributed by atoms with E-state index in [2.05, 4.69) is 59.7 Å². The molecule has 2 aromatic heterocycles. The number of nitrogens with zero attached hydrogens (tertiary/aromatic N) is 2. The molecule has 2 aromatic carbocycles. The minimum absolute atomic E-state index is 0.0887. The molecule has 0 saturated carbocycles. The standard InChI is InChI=1S/C26H28N4OS2/c1-4-18(3)19-10-12-20(13-11-19)24(22-9-6-14-33-22)27-23(31)16-30-25(28-29-26(30)32)21-8-5-7-17(2)15-21/h5-15,18,24H,4,16H2,1-3H3,(H,27,31)(H,29,32). The quantitative estimate of drug-likeness (QED) is 0.289. The van der Waals surface area contributed by atoms with Crippen molar-refractivity contribution in [3.63, 3.8) is 0 Å². The first-order valence-corrected chi connectivity index (χ1v) is 12.4. The molecule has 0 aliphatic heterocycles. The summed E-state index contributed by atoms with van der Waals surface area (Å²) >= 11 is 7.06. The third-order valence-corrected chi connectivity index (χ3v) is 7.17. The Labute approximate surface area is 203 Å². The molecule has 7 heteroatoms. The van der Waals surface area contributed by atoms with Gasteiger partial charge in [0.05, 0.1) is 6.04 Å². The summed E-state index contributed by atoms with van der Waals surface area (Å²) in [4.78, 5) is 14.3. The van der Waals surface area contributed by atoms with Crippen molar-refractivity contribution in [3.8, 4) is 11.4 Å². The van der Waals surface area contributed by atoms with E-state index < -0.39 is 0 Å². The summed E-state index contributed by atoms with van der Waals surface area (Å²) in [5.74, 6) is 1.05. The molecule has 2 unspecified atom stereocenters. The van der Waals surface area contributed by atoms with E-state index in [4.69, 9.17) is 12.2 Å². The number of aromatic nitrogens is 3. The van der Waals surface area contributed by atoms with E-state index in [1.807, 2.05) is 42.6 Å². The number of amides is 1. The molecule has 1 amide bonds. The maximum Gasteiger partial charge on any atom is 0.240 e. The highest BCUT2D eigenvalue weighted by molar-refractivity contribution is 7.71. The summed E-state index contributed by atoms with van der Waals surface area (Å²) in [6.45, 7) is 6.54. The molecule has 0 aliphatic carbocycles. The first-order valence-electron chi connectivity index (χ1n) is 11.1. The van der Waals surface area contributed by atoms with E-state index >= 15 is 0 Å². The lowest BCUT2D eigenvalue weighted by Crippen LogP contribution is -2.32. The molecule has 33 heavy (non-hydrogen) atoms. The number of rotatable bonds is 8. The van der Waals surface area contributed by atoms with E-state index in [0.717, 1.165) is 28.0 Å². The maximum atomic E-state index is 13.2. The van der Waals surface area contributed by atoms with Crippen LogP contribution in [0, 0.1) is 11.7 Å². The molecule has 5 nitrogen and oxygen atoms in total. The second-order valence-corrected chi connectivity index (χ2v) is 9.67. The van der Waals surface area contributed by atoms with Crippen LogP contribution in [0.2, 0.25) is 0 Å². The van der Waals surface area contributed by atoms with Crippen molar-refractivity contribution in [2.45, 2.75) is 45.7 Å². The zero-order valence-corrected chi connectivity index (χ0v) is 20.7. The average Bonchev–Trinajstić information content (AvgIpc) is 3.48. The third-order valence-electron chi connectivity index (χ3n) is 5.92. The maximum absolute atomic E-state index is 13.2. The molecule has 2 atom stereocenters. The first kappa shape index (κ1) is 23.1. The van der Waals surface area contributed by atoms with Gasteiger partial charge in [0, 0.05) is 10.4 Å². The van der Waals surface area contributed by atoms with E-state index in [1.54, 1.807) is 15.9 Å². The summed E-state index contributed by atoms with van der Waals surface area (Å²) < 4.78 is 2.17. The molecule has 0 fully saturated rings. The van der Waals surface area contributed by atoms with E-state index in [9.17, 15) is 4.79 Å². The number of carbonyl (C=O) groups excluding carboxylic acids is 1. The zero-order valence-electron chi connectivity index (χ0n) is 19.0. The Balaban J connectivity index is 1.58. The predicted octanol–water partition coefficient (Wildman–Crippen LogP) is 6.40. The van der Waals surface area contributed by atoms with Crippen LogP contribution in [0.4, 0.5) is 0 Å². The van der Waals surface area contributed by atoms with Gasteiger partial charge in [0.1, 0.15) is 6.54 Å². The molecule has 170 valence electrons. The second-order valence-electron chi connectivity index (χ2n) is 8.30. The zero-order chi connectivity index (χ0) is 23.4. The second kappa shape index (κ2) is 10.3. The molecule has 4 aromatic rings. The third kappa shape index (κ3) is 5.31. The fourth-order valence-corrected chi connectivity index (χ4v) is 4.85. The molecule has 2 heterocycles. The number of carbonyl (C=O) groups is 1. The largest absolute Gasteiger partial charge is 0.343 e. The number of H-pyrrole nitrogens is 1. The van der Waals surface area contributed by atoms with Crippen LogP contribution in [-0.4, -0.2) is 20.7 Å². The van der Waals surface area contributed by atoms with Gasteiger partial charge in [0.15, 0.2) is 10.6 Å². The number of thiophene rings is 1. The van der Waals surface area contributed by atoms with Crippen molar-refractivity contribution in [3.05, 3.63) is 92.4 Å². The Hall–Kier alpha value is -3.03. The van der Waals surface area contributed by atoms with Crippen LogP contribution in [0.1, 0.15) is 53.8 Å². The van der Waals surface area contributed by atoms with Crippen LogP contribution < -0.4 is 5.32 Å². The van der Waals surface area contributed by atoms with Gasteiger partial charge in [-0.3, -0.25) is 14.5 Å². The summed E-state index contributed by atoms with van der Waals surface area (Å²) in [5, 5.41) is 12.5. The minimum Gasteiger partial charge on any atom is -0.343 e. The fourth-order valence-electron chi connectivity index (χ4n) is 3.85. The van der Waals surface area contributed by atoms with Gasteiger partial charge in [-0.1, -0.05) is 67.9 Å². The predicted molar refractivity (Wildman–Crippen MR) is 137 cm³/mol. The molecule has 2 N–H and O–H groups in total. The van der Waals surface area contributed by atoms with Crippen molar-refractivity contribution in [2.75, 3.05) is 0 Å². The Morgan fingerprint density at radius 3 is 2.58 bits per heavy atom. The lowest BCUT2D eigenvalue weighted by Gasteiger charge is -2.20. The highest BCUT2D eigenvalue weighted by Crippen LogP contribution is 2.28. The number of benzene rings is 2. The van der Waals surface area contributed by atoms with Gasteiger partial charge in [-0.15, -0.1) is 11.3 Å². The molecule has 4 rings (SSSR count). The molecular weight excluding hydrogens is 448 g/mol. The van der Waals surface area contributed by atoms with E-state index in [-0.39, 0.29) is 18.5 Å². The van der Waals surface area contributed by atoms with Gasteiger partial charge >= 0.3 is 0 Å². The first-order chi connectivity index (χ1) is 16.0. The number of hydrogen-bond acceptors (Lipinski definition) is 4. The SMILES string of the molecule is CCC(C)c1ccc(C(NC(=O)Cn2c(-c3cccc(C)c3)n[nH]c2=S)c2cccs2)cc1. The Kier molecular flexibility index (Phi) is 7.20. The Morgan fingerprint density at radius 2 is 1.91 bits per heavy atom. The van der Waals surface area contributed by atoms with Crippen molar-refractivity contribution in [1.82, 2.24) is 20.1 Å². The van der Waals surface area contributed by atoms with Gasteiger partial charge < -0.3 is 5.32 Å². The molecule has 0 aliphatic rings. The number of hydrogen-bond donors (Lipinski definition) is 2. The van der Waals surface area contributed by atoms with E-state index in [0.29, 0.717) is 16.5 Å².